The Morgan fingerprint density at radius 2 is 1.95 bits per heavy atom. The first-order chi connectivity index (χ1) is 10.0. The molecule has 0 saturated carbocycles. The summed E-state index contributed by atoms with van der Waals surface area (Å²) in [5.74, 6) is 0.792. The van der Waals surface area contributed by atoms with E-state index in [2.05, 4.69) is 35.1 Å². The van der Waals surface area contributed by atoms with Crippen LogP contribution in [0.5, 0.6) is 0 Å². The maximum absolute atomic E-state index is 11.0. The van der Waals surface area contributed by atoms with Gasteiger partial charge >= 0.3 is 0 Å². The highest BCUT2D eigenvalue weighted by Gasteiger charge is 2.12. The molecule has 0 bridgehead atoms. The smallest absolute Gasteiger partial charge is 0.273 e. The summed E-state index contributed by atoms with van der Waals surface area (Å²) in [7, 11) is 0. The highest BCUT2D eigenvalue weighted by molar-refractivity contribution is 9.10. The van der Waals surface area contributed by atoms with Gasteiger partial charge in [-0.1, -0.05) is 55.5 Å². The Balaban J connectivity index is 2.24. The minimum Gasteiger partial charge on any atom is -0.312 e. The zero-order valence-corrected chi connectivity index (χ0v) is 14.5. The molecule has 4 nitrogen and oxygen atoms in total. The third-order valence-electron chi connectivity index (χ3n) is 3.44. The molecule has 0 unspecified atom stereocenters. The molecule has 0 aliphatic carbocycles. The predicted molar refractivity (Wildman–Crippen MR) is 90.4 cm³/mol. The number of unbranched alkanes of at least 4 members (excludes halogenated alkanes) is 3. The van der Waals surface area contributed by atoms with Crippen LogP contribution >= 0.6 is 15.9 Å². The SMILES string of the molecule is CC(C)CCCCCCNCc1cc(Br)ccc1[N+](=O)[O-]. The first-order valence-electron chi connectivity index (χ1n) is 7.64. The molecule has 0 spiro atoms. The van der Waals surface area contributed by atoms with E-state index in [1.165, 1.54) is 25.7 Å². The monoisotopic (exact) mass is 356 g/mol. The van der Waals surface area contributed by atoms with Crippen molar-refractivity contribution in [1.82, 2.24) is 5.32 Å². The van der Waals surface area contributed by atoms with Crippen molar-refractivity contribution in [2.75, 3.05) is 6.54 Å². The van der Waals surface area contributed by atoms with Gasteiger partial charge in [-0.15, -0.1) is 0 Å². The van der Waals surface area contributed by atoms with Crippen molar-refractivity contribution >= 4 is 21.6 Å². The number of nitrogens with one attached hydrogen (secondary N) is 1. The van der Waals surface area contributed by atoms with Gasteiger partial charge < -0.3 is 5.32 Å². The summed E-state index contributed by atoms with van der Waals surface area (Å²) in [6.07, 6.45) is 6.23. The van der Waals surface area contributed by atoms with Gasteiger partial charge in [0.15, 0.2) is 0 Å². The maximum atomic E-state index is 11.0. The Morgan fingerprint density at radius 1 is 1.24 bits per heavy atom. The lowest BCUT2D eigenvalue weighted by Gasteiger charge is -2.07. The van der Waals surface area contributed by atoms with Gasteiger partial charge in [0.2, 0.25) is 0 Å². The van der Waals surface area contributed by atoms with Crippen LogP contribution in [-0.4, -0.2) is 11.5 Å². The summed E-state index contributed by atoms with van der Waals surface area (Å²) in [5.41, 5.74) is 0.914. The third-order valence-corrected chi connectivity index (χ3v) is 3.93. The summed E-state index contributed by atoms with van der Waals surface area (Å²) in [6.45, 7) is 5.96. The molecule has 1 aromatic carbocycles. The van der Waals surface area contributed by atoms with E-state index < -0.39 is 0 Å². The fourth-order valence-corrected chi connectivity index (χ4v) is 2.66. The van der Waals surface area contributed by atoms with E-state index in [-0.39, 0.29) is 10.6 Å². The quantitative estimate of drug-likeness (QED) is 0.362. The van der Waals surface area contributed by atoms with Gasteiger partial charge in [-0.3, -0.25) is 10.1 Å². The minimum absolute atomic E-state index is 0.183. The van der Waals surface area contributed by atoms with Crippen molar-refractivity contribution in [1.29, 1.82) is 0 Å². The second kappa shape index (κ2) is 9.90. The van der Waals surface area contributed by atoms with Crippen LogP contribution in [0.25, 0.3) is 0 Å². The molecule has 0 saturated heterocycles. The van der Waals surface area contributed by atoms with Gasteiger partial charge in [0, 0.05) is 22.6 Å². The maximum Gasteiger partial charge on any atom is 0.273 e. The van der Waals surface area contributed by atoms with Crippen LogP contribution in [-0.2, 0) is 6.54 Å². The van der Waals surface area contributed by atoms with Gasteiger partial charge in [0.25, 0.3) is 5.69 Å². The van der Waals surface area contributed by atoms with Gasteiger partial charge in [0.1, 0.15) is 0 Å². The van der Waals surface area contributed by atoms with E-state index in [0.717, 1.165) is 28.9 Å². The molecule has 0 aliphatic heterocycles. The first kappa shape index (κ1) is 18.1. The summed E-state index contributed by atoms with van der Waals surface area (Å²) in [4.78, 5) is 10.6. The second-order valence-corrected chi connectivity index (χ2v) is 6.72. The van der Waals surface area contributed by atoms with Crippen molar-refractivity contribution in [3.8, 4) is 0 Å². The molecule has 5 heteroatoms. The first-order valence-corrected chi connectivity index (χ1v) is 8.43. The molecule has 0 amide bonds. The number of nitrogens with zero attached hydrogens (tertiary/aromatic N) is 1. The molecule has 21 heavy (non-hydrogen) atoms. The number of nitro groups is 1. The van der Waals surface area contributed by atoms with E-state index >= 15 is 0 Å². The normalized spacial score (nSPS) is 11.0. The lowest BCUT2D eigenvalue weighted by molar-refractivity contribution is -0.385. The van der Waals surface area contributed by atoms with Gasteiger partial charge in [-0.2, -0.15) is 0 Å². The van der Waals surface area contributed by atoms with Crippen molar-refractivity contribution in [2.45, 2.75) is 52.5 Å². The molecule has 1 N–H and O–H groups in total. The molecule has 1 rings (SSSR count). The van der Waals surface area contributed by atoms with Crippen molar-refractivity contribution in [3.63, 3.8) is 0 Å². The van der Waals surface area contributed by atoms with E-state index in [1.807, 2.05) is 6.07 Å². The van der Waals surface area contributed by atoms with Gasteiger partial charge in [-0.25, -0.2) is 0 Å². The van der Waals surface area contributed by atoms with Crippen molar-refractivity contribution in [3.05, 3.63) is 38.3 Å². The van der Waals surface area contributed by atoms with E-state index in [4.69, 9.17) is 0 Å². The predicted octanol–water partition coefficient (Wildman–Crippen LogP) is 5.05. The number of hydrogen-bond donors (Lipinski definition) is 1. The highest BCUT2D eigenvalue weighted by Crippen LogP contribution is 2.22. The van der Waals surface area contributed by atoms with Crippen molar-refractivity contribution < 1.29 is 4.92 Å². The number of halogens is 1. The van der Waals surface area contributed by atoms with Gasteiger partial charge in [0.05, 0.1) is 4.92 Å². The molecule has 0 radical (unpaired) electrons. The fourth-order valence-electron chi connectivity index (χ4n) is 2.25. The number of nitro benzene ring substituents is 1. The van der Waals surface area contributed by atoms with Crippen molar-refractivity contribution in [2.24, 2.45) is 5.92 Å². The van der Waals surface area contributed by atoms with Crippen LogP contribution in [0.1, 0.15) is 51.5 Å². The van der Waals surface area contributed by atoms with E-state index in [0.29, 0.717) is 6.54 Å². The lowest BCUT2D eigenvalue weighted by Crippen LogP contribution is -2.15. The molecular weight excluding hydrogens is 332 g/mol. The van der Waals surface area contributed by atoms with Crippen LogP contribution in [0.15, 0.2) is 22.7 Å². The van der Waals surface area contributed by atoms with Crippen LogP contribution in [0.4, 0.5) is 5.69 Å². The Bertz CT molecular complexity index is 450. The number of rotatable bonds is 10. The molecule has 0 aromatic heterocycles. The largest absolute Gasteiger partial charge is 0.312 e. The Morgan fingerprint density at radius 3 is 2.62 bits per heavy atom. The Kier molecular flexibility index (Phi) is 8.54. The molecule has 0 aliphatic rings. The highest BCUT2D eigenvalue weighted by atomic mass is 79.9. The molecule has 0 fully saturated rings. The molecule has 1 aromatic rings. The van der Waals surface area contributed by atoms with E-state index in [9.17, 15) is 10.1 Å². The van der Waals surface area contributed by atoms with Crippen LogP contribution in [0, 0.1) is 16.0 Å². The van der Waals surface area contributed by atoms with E-state index in [1.54, 1.807) is 12.1 Å². The summed E-state index contributed by atoms with van der Waals surface area (Å²) < 4.78 is 0.874. The average Bonchev–Trinajstić information content (AvgIpc) is 2.41. The Labute approximate surface area is 135 Å². The molecule has 118 valence electrons. The standard InChI is InChI=1S/C16H25BrN2O2/c1-13(2)7-5-3-4-6-10-18-12-14-11-15(17)8-9-16(14)19(20)21/h8-9,11,13,18H,3-7,10,12H2,1-2H3. The molecular formula is C16H25BrN2O2. The average molecular weight is 357 g/mol. The molecule has 0 atom stereocenters. The fraction of sp³-hybridized carbons (Fsp3) is 0.625. The second-order valence-electron chi connectivity index (χ2n) is 5.80. The summed E-state index contributed by atoms with van der Waals surface area (Å²) in [5, 5.41) is 14.3. The lowest BCUT2D eigenvalue weighted by atomic mass is 10.0. The summed E-state index contributed by atoms with van der Waals surface area (Å²) >= 11 is 3.36. The van der Waals surface area contributed by atoms with Gasteiger partial charge in [-0.05, 0) is 31.0 Å². The van der Waals surface area contributed by atoms with Crippen LogP contribution in [0.2, 0.25) is 0 Å². The zero-order valence-electron chi connectivity index (χ0n) is 12.9. The minimum atomic E-state index is -0.324. The Hall–Kier alpha value is -0.940. The zero-order chi connectivity index (χ0) is 15.7. The number of hydrogen-bond acceptors (Lipinski definition) is 3. The topological polar surface area (TPSA) is 55.2 Å². The molecule has 0 heterocycles. The third kappa shape index (κ3) is 7.58. The summed E-state index contributed by atoms with van der Waals surface area (Å²) in [6, 6.07) is 5.07. The van der Waals surface area contributed by atoms with Crippen LogP contribution < -0.4 is 5.32 Å². The number of benzene rings is 1. The van der Waals surface area contributed by atoms with Crippen LogP contribution in [0.3, 0.4) is 0 Å².